The van der Waals surface area contributed by atoms with Crippen molar-refractivity contribution in [1.82, 2.24) is 5.43 Å². The van der Waals surface area contributed by atoms with Gasteiger partial charge in [0.25, 0.3) is 5.91 Å². The number of halogens is 2. The van der Waals surface area contributed by atoms with Crippen LogP contribution in [0.2, 0.25) is 5.02 Å². The molecule has 1 amide bonds. The summed E-state index contributed by atoms with van der Waals surface area (Å²) in [5.41, 5.74) is 4.29. The maximum Gasteiger partial charge on any atom is 0.277 e. The number of rotatable bonds is 6. The predicted octanol–water partition coefficient (Wildman–Crippen LogP) is 4.41. The minimum absolute atomic E-state index is 0.156. The number of hydrogen-bond acceptors (Lipinski definition) is 3. The molecule has 120 valence electrons. The molecule has 0 fully saturated rings. The van der Waals surface area contributed by atoms with Crippen LogP contribution in [0.1, 0.15) is 18.9 Å². The van der Waals surface area contributed by atoms with E-state index < -0.39 is 0 Å². The van der Waals surface area contributed by atoms with Crippen LogP contribution in [0.25, 0.3) is 0 Å². The number of benzene rings is 2. The zero-order valence-corrected chi connectivity index (χ0v) is 14.9. The highest BCUT2D eigenvalue weighted by Gasteiger charge is 2.07. The van der Waals surface area contributed by atoms with E-state index in [-0.39, 0.29) is 12.5 Å². The van der Waals surface area contributed by atoms with Gasteiger partial charge in [0.15, 0.2) is 6.61 Å². The SMILES string of the molecule is CCC(=NNC(=O)COc1ccc(Br)cc1Cl)c1ccccc1. The Hall–Kier alpha value is -1.85. The van der Waals surface area contributed by atoms with Gasteiger partial charge in [0.1, 0.15) is 5.75 Å². The van der Waals surface area contributed by atoms with Crippen molar-refractivity contribution in [1.29, 1.82) is 0 Å². The van der Waals surface area contributed by atoms with Gasteiger partial charge in [0.05, 0.1) is 10.7 Å². The van der Waals surface area contributed by atoms with Gasteiger partial charge in [0.2, 0.25) is 0 Å². The van der Waals surface area contributed by atoms with Crippen LogP contribution in [-0.4, -0.2) is 18.2 Å². The van der Waals surface area contributed by atoms with Gasteiger partial charge in [-0.05, 0) is 30.2 Å². The van der Waals surface area contributed by atoms with E-state index in [1.807, 2.05) is 37.3 Å². The van der Waals surface area contributed by atoms with Crippen molar-refractivity contribution in [2.45, 2.75) is 13.3 Å². The fourth-order valence-electron chi connectivity index (χ4n) is 1.88. The molecule has 0 radical (unpaired) electrons. The van der Waals surface area contributed by atoms with E-state index in [0.29, 0.717) is 17.2 Å². The normalized spacial score (nSPS) is 11.2. The van der Waals surface area contributed by atoms with Gasteiger partial charge >= 0.3 is 0 Å². The lowest BCUT2D eigenvalue weighted by Gasteiger charge is -2.08. The average Bonchev–Trinajstić information content (AvgIpc) is 2.55. The smallest absolute Gasteiger partial charge is 0.277 e. The highest BCUT2D eigenvalue weighted by molar-refractivity contribution is 9.10. The molecular formula is C17H16BrClN2O2. The largest absolute Gasteiger partial charge is 0.482 e. The van der Waals surface area contributed by atoms with Crippen molar-refractivity contribution < 1.29 is 9.53 Å². The van der Waals surface area contributed by atoms with Gasteiger partial charge in [-0.2, -0.15) is 5.10 Å². The molecule has 4 nitrogen and oxygen atoms in total. The molecular weight excluding hydrogens is 380 g/mol. The van der Waals surface area contributed by atoms with Gasteiger partial charge in [-0.15, -0.1) is 0 Å². The fraction of sp³-hybridized carbons (Fsp3) is 0.176. The molecule has 0 unspecified atom stereocenters. The lowest BCUT2D eigenvalue weighted by atomic mass is 10.1. The first-order valence-corrected chi connectivity index (χ1v) is 8.26. The summed E-state index contributed by atoms with van der Waals surface area (Å²) in [5.74, 6) is 0.110. The van der Waals surface area contributed by atoms with Crippen molar-refractivity contribution in [2.75, 3.05) is 6.61 Å². The molecule has 0 atom stereocenters. The summed E-state index contributed by atoms with van der Waals surface area (Å²) < 4.78 is 6.24. The van der Waals surface area contributed by atoms with Crippen molar-refractivity contribution in [3.63, 3.8) is 0 Å². The lowest BCUT2D eigenvalue weighted by Crippen LogP contribution is -2.26. The van der Waals surface area contributed by atoms with E-state index in [1.165, 1.54) is 0 Å². The summed E-state index contributed by atoms with van der Waals surface area (Å²) in [4.78, 5) is 11.9. The number of amides is 1. The topological polar surface area (TPSA) is 50.7 Å². The molecule has 0 aliphatic rings. The first kappa shape index (κ1) is 17.5. The first-order chi connectivity index (χ1) is 11.1. The van der Waals surface area contributed by atoms with Gasteiger partial charge in [-0.3, -0.25) is 4.79 Å². The second kappa shape index (κ2) is 8.70. The second-order valence-electron chi connectivity index (χ2n) is 4.68. The van der Waals surface area contributed by atoms with Crippen LogP contribution in [0.3, 0.4) is 0 Å². The third-order valence-electron chi connectivity index (χ3n) is 3.01. The van der Waals surface area contributed by atoms with E-state index >= 15 is 0 Å². The van der Waals surface area contributed by atoms with Crippen molar-refractivity contribution >= 4 is 39.1 Å². The number of hydrazone groups is 1. The third-order valence-corrected chi connectivity index (χ3v) is 3.80. The van der Waals surface area contributed by atoms with Gasteiger partial charge in [-0.1, -0.05) is 64.8 Å². The van der Waals surface area contributed by atoms with Gasteiger partial charge < -0.3 is 4.74 Å². The van der Waals surface area contributed by atoms with Crippen LogP contribution in [-0.2, 0) is 4.79 Å². The van der Waals surface area contributed by atoms with Gasteiger partial charge in [-0.25, -0.2) is 5.43 Å². The quantitative estimate of drug-likeness (QED) is 0.582. The Labute approximate surface area is 148 Å². The summed E-state index contributed by atoms with van der Waals surface area (Å²) in [6, 6.07) is 14.9. The Kier molecular flexibility index (Phi) is 6.62. The van der Waals surface area contributed by atoms with Crippen LogP contribution < -0.4 is 10.2 Å². The molecule has 0 aliphatic carbocycles. The fourth-order valence-corrected chi connectivity index (χ4v) is 2.60. The Bertz CT molecular complexity index is 705. The molecule has 0 heterocycles. The molecule has 0 aromatic heterocycles. The molecule has 6 heteroatoms. The molecule has 23 heavy (non-hydrogen) atoms. The average molecular weight is 396 g/mol. The number of carbonyl (C=O) groups is 1. The maximum absolute atomic E-state index is 11.9. The molecule has 2 aromatic rings. The summed E-state index contributed by atoms with van der Waals surface area (Å²) >= 11 is 9.34. The zero-order chi connectivity index (χ0) is 16.7. The standard InChI is InChI=1S/C17H16BrClN2O2/c1-2-15(12-6-4-3-5-7-12)20-21-17(22)11-23-16-9-8-13(18)10-14(16)19/h3-10H,2,11H2,1H3,(H,21,22). The third kappa shape index (κ3) is 5.37. The highest BCUT2D eigenvalue weighted by Crippen LogP contribution is 2.27. The van der Waals surface area contributed by atoms with Gasteiger partial charge in [0, 0.05) is 4.47 Å². The van der Waals surface area contributed by atoms with E-state index in [2.05, 4.69) is 26.5 Å². The molecule has 0 saturated heterocycles. The second-order valence-corrected chi connectivity index (χ2v) is 6.00. The first-order valence-electron chi connectivity index (χ1n) is 7.09. The van der Waals surface area contributed by atoms with E-state index in [1.54, 1.807) is 18.2 Å². The Morgan fingerprint density at radius 3 is 2.65 bits per heavy atom. The predicted molar refractivity (Wildman–Crippen MR) is 96.1 cm³/mol. The minimum Gasteiger partial charge on any atom is -0.482 e. The van der Waals surface area contributed by atoms with Crippen LogP contribution in [0.5, 0.6) is 5.75 Å². The number of ether oxygens (including phenoxy) is 1. The van der Waals surface area contributed by atoms with E-state index in [9.17, 15) is 4.79 Å². The molecule has 0 saturated carbocycles. The highest BCUT2D eigenvalue weighted by atomic mass is 79.9. The summed E-state index contributed by atoms with van der Waals surface area (Å²) in [6.07, 6.45) is 0.712. The maximum atomic E-state index is 11.9. The number of nitrogens with zero attached hydrogens (tertiary/aromatic N) is 1. The monoisotopic (exact) mass is 394 g/mol. The Balaban J connectivity index is 1.92. The molecule has 2 rings (SSSR count). The Morgan fingerprint density at radius 2 is 2.00 bits per heavy atom. The van der Waals surface area contributed by atoms with Crippen molar-refractivity contribution in [3.8, 4) is 5.75 Å². The number of nitrogens with one attached hydrogen (secondary N) is 1. The molecule has 0 bridgehead atoms. The van der Waals surface area contributed by atoms with Crippen LogP contribution >= 0.6 is 27.5 Å². The molecule has 1 N–H and O–H groups in total. The summed E-state index contributed by atoms with van der Waals surface area (Å²) in [5, 5.41) is 4.60. The number of hydrogen-bond donors (Lipinski definition) is 1. The minimum atomic E-state index is -0.342. The lowest BCUT2D eigenvalue weighted by molar-refractivity contribution is -0.123. The number of carbonyl (C=O) groups excluding carboxylic acids is 1. The molecule has 0 spiro atoms. The van der Waals surface area contributed by atoms with Crippen molar-refractivity contribution in [2.24, 2.45) is 5.10 Å². The van der Waals surface area contributed by atoms with E-state index in [0.717, 1.165) is 15.7 Å². The molecule has 0 aliphatic heterocycles. The van der Waals surface area contributed by atoms with Crippen LogP contribution in [0.15, 0.2) is 58.1 Å². The Morgan fingerprint density at radius 1 is 1.26 bits per heavy atom. The summed E-state index contributed by atoms with van der Waals surface area (Å²) in [6.45, 7) is 1.83. The summed E-state index contributed by atoms with van der Waals surface area (Å²) in [7, 11) is 0. The van der Waals surface area contributed by atoms with Crippen LogP contribution in [0.4, 0.5) is 0 Å². The van der Waals surface area contributed by atoms with Crippen molar-refractivity contribution in [3.05, 3.63) is 63.6 Å². The van der Waals surface area contributed by atoms with E-state index in [4.69, 9.17) is 16.3 Å². The molecule has 2 aromatic carbocycles. The zero-order valence-electron chi connectivity index (χ0n) is 12.6. The van der Waals surface area contributed by atoms with Crippen LogP contribution in [0, 0.1) is 0 Å².